The molecule has 0 saturated carbocycles. The van der Waals surface area contributed by atoms with Crippen molar-refractivity contribution < 1.29 is 0 Å². The Morgan fingerprint density at radius 2 is 2.15 bits per heavy atom. The molecule has 0 fully saturated rings. The molecule has 0 aliphatic heterocycles. The van der Waals surface area contributed by atoms with Gasteiger partial charge in [0, 0.05) is 6.20 Å². The fraction of sp³-hybridized carbons (Fsp3) is 0.375. The van der Waals surface area contributed by atoms with Crippen molar-refractivity contribution in [2.24, 2.45) is 0 Å². The highest BCUT2D eigenvalue weighted by Crippen LogP contribution is 1.93. The van der Waals surface area contributed by atoms with Crippen LogP contribution in [-0.4, -0.2) is 24.5 Å². The molecule has 0 aliphatic carbocycles. The molecule has 0 N–H and O–H groups in total. The molecule has 5 nitrogen and oxygen atoms in total. The van der Waals surface area contributed by atoms with E-state index in [0.29, 0.717) is 0 Å². The standard InChI is InChI=1S/C8H11N5/c1-8-2-3-12(11-8)4-5-13-7-9-6-10-13/h2-3,6-7H,4-5H2,1H3. The lowest BCUT2D eigenvalue weighted by Gasteiger charge is -2.00. The quantitative estimate of drug-likeness (QED) is 0.685. The first-order valence-corrected chi connectivity index (χ1v) is 4.17. The molecule has 0 atom stereocenters. The summed E-state index contributed by atoms with van der Waals surface area (Å²) >= 11 is 0. The van der Waals surface area contributed by atoms with Crippen LogP contribution in [0.2, 0.25) is 0 Å². The van der Waals surface area contributed by atoms with E-state index >= 15 is 0 Å². The summed E-state index contributed by atoms with van der Waals surface area (Å²) in [5, 5.41) is 8.27. The first kappa shape index (κ1) is 7.97. The third-order valence-electron chi connectivity index (χ3n) is 1.80. The summed E-state index contributed by atoms with van der Waals surface area (Å²) in [7, 11) is 0. The van der Waals surface area contributed by atoms with Crippen molar-refractivity contribution in [1.29, 1.82) is 0 Å². The summed E-state index contributed by atoms with van der Waals surface area (Å²) in [5.41, 5.74) is 1.04. The van der Waals surface area contributed by atoms with Crippen molar-refractivity contribution in [3.8, 4) is 0 Å². The molecule has 0 bridgehead atoms. The van der Waals surface area contributed by atoms with Crippen LogP contribution in [0.4, 0.5) is 0 Å². The fourth-order valence-electron chi connectivity index (χ4n) is 1.14. The zero-order chi connectivity index (χ0) is 9.10. The van der Waals surface area contributed by atoms with Crippen LogP contribution in [0, 0.1) is 6.92 Å². The van der Waals surface area contributed by atoms with Gasteiger partial charge in [0.05, 0.1) is 18.8 Å². The van der Waals surface area contributed by atoms with Gasteiger partial charge in [0.15, 0.2) is 0 Å². The van der Waals surface area contributed by atoms with Crippen LogP contribution < -0.4 is 0 Å². The molecule has 2 aromatic rings. The molecule has 5 heteroatoms. The first-order valence-electron chi connectivity index (χ1n) is 4.17. The number of aromatic nitrogens is 5. The smallest absolute Gasteiger partial charge is 0.137 e. The van der Waals surface area contributed by atoms with E-state index in [0.717, 1.165) is 18.8 Å². The second-order valence-corrected chi connectivity index (χ2v) is 2.88. The van der Waals surface area contributed by atoms with Crippen LogP contribution in [0.3, 0.4) is 0 Å². The van der Waals surface area contributed by atoms with Crippen LogP contribution >= 0.6 is 0 Å². The van der Waals surface area contributed by atoms with Gasteiger partial charge in [-0.25, -0.2) is 4.98 Å². The summed E-state index contributed by atoms with van der Waals surface area (Å²) < 4.78 is 3.69. The lowest BCUT2D eigenvalue weighted by molar-refractivity contribution is 0.497. The van der Waals surface area contributed by atoms with Crippen LogP contribution in [0.25, 0.3) is 0 Å². The average molecular weight is 177 g/mol. The van der Waals surface area contributed by atoms with Crippen molar-refractivity contribution in [2.45, 2.75) is 20.0 Å². The third-order valence-corrected chi connectivity index (χ3v) is 1.80. The minimum atomic E-state index is 0.807. The number of rotatable bonds is 3. The topological polar surface area (TPSA) is 48.5 Å². The zero-order valence-electron chi connectivity index (χ0n) is 7.46. The molecule has 0 saturated heterocycles. The molecule has 0 aliphatic rings. The molecule has 0 amide bonds. The molecule has 68 valence electrons. The highest BCUT2D eigenvalue weighted by molar-refractivity contribution is 4.94. The van der Waals surface area contributed by atoms with E-state index in [2.05, 4.69) is 15.2 Å². The van der Waals surface area contributed by atoms with Crippen LogP contribution in [0.1, 0.15) is 5.69 Å². The lowest BCUT2D eigenvalue weighted by atomic mass is 10.5. The number of aryl methyl sites for hydroxylation is 3. The van der Waals surface area contributed by atoms with Crippen molar-refractivity contribution in [3.05, 3.63) is 30.6 Å². The molecular formula is C8H11N5. The van der Waals surface area contributed by atoms with E-state index in [1.807, 2.05) is 23.9 Å². The Hall–Kier alpha value is -1.65. The highest BCUT2D eigenvalue weighted by atomic mass is 15.3. The van der Waals surface area contributed by atoms with Crippen molar-refractivity contribution >= 4 is 0 Å². The minimum Gasteiger partial charge on any atom is -0.271 e. The lowest BCUT2D eigenvalue weighted by Crippen LogP contribution is -2.08. The third kappa shape index (κ3) is 1.93. The summed E-state index contributed by atoms with van der Waals surface area (Å²) in [4.78, 5) is 3.86. The van der Waals surface area contributed by atoms with Gasteiger partial charge in [0.25, 0.3) is 0 Å². The van der Waals surface area contributed by atoms with Crippen LogP contribution in [-0.2, 0) is 13.1 Å². The molecule has 13 heavy (non-hydrogen) atoms. The van der Waals surface area contributed by atoms with Gasteiger partial charge in [-0.2, -0.15) is 10.2 Å². The second kappa shape index (κ2) is 3.38. The van der Waals surface area contributed by atoms with Crippen molar-refractivity contribution in [3.63, 3.8) is 0 Å². The Morgan fingerprint density at radius 3 is 2.77 bits per heavy atom. The Morgan fingerprint density at radius 1 is 1.31 bits per heavy atom. The first-order chi connectivity index (χ1) is 6.34. The highest BCUT2D eigenvalue weighted by Gasteiger charge is 1.94. The van der Waals surface area contributed by atoms with Gasteiger partial charge in [0.1, 0.15) is 12.7 Å². The predicted molar refractivity (Wildman–Crippen MR) is 47.0 cm³/mol. The largest absolute Gasteiger partial charge is 0.271 e. The summed E-state index contributed by atoms with van der Waals surface area (Å²) in [6.45, 7) is 3.62. The van der Waals surface area contributed by atoms with Gasteiger partial charge in [0.2, 0.25) is 0 Å². The summed E-state index contributed by atoms with van der Waals surface area (Å²) in [5.74, 6) is 0. The zero-order valence-corrected chi connectivity index (χ0v) is 7.46. The van der Waals surface area contributed by atoms with E-state index in [-0.39, 0.29) is 0 Å². The van der Waals surface area contributed by atoms with Gasteiger partial charge in [-0.15, -0.1) is 0 Å². The number of nitrogens with zero attached hydrogens (tertiary/aromatic N) is 5. The summed E-state index contributed by atoms with van der Waals surface area (Å²) in [6.07, 6.45) is 5.21. The molecular weight excluding hydrogens is 166 g/mol. The normalized spacial score (nSPS) is 10.5. The Balaban J connectivity index is 1.93. The number of hydrogen-bond acceptors (Lipinski definition) is 3. The molecule has 0 unspecified atom stereocenters. The Kier molecular flexibility index (Phi) is 2.08. The van der Waals surface area contributed by atoms with Gasteiger partial charge in [-0.3, -0.25) is 9.36 Å². The van der Waals surface area contributed by atoms with E-state index in [9.17, 15) is 0 Å². The monoisotopic (exact) mass is 177 g/mol. The molecule has 2 heterocycles. The maximum atomic E-state index is 4.27. The second-order valence-electron chi connectivity index (χ2n) is 2.88. The van der Waals surface area contributed by atoms with Gasteiger partial charge < -0.3 is 0 Å². The molecule has 0 aromatic carbocycles. The summed E-state index contributed by atoms with van der Waals surface area (Å²) in [6, 6.07) is 1.99. The van der Waals surface area contributed by atoms with Gasteiger partial charge in [-0.1, -0.05) is 0 Å². The van der Waals surface area contributed by atoms with Gasteiger partial charge in [-0.05, 0) is 13.0 Å². The molecule has 2 aromatic heterocycles. The Labute approximate surface area is 76.0 Å². The van der Waals surface area contributed by atoms with E-state index in [1.54, 1.807) is 11.0 Å². The van der Waals surface area contributed by atoms with Crippen LogP contribution in [0.5, 0.6) is 0 Å². The predicted octanol–water partition coefficient (Wildman–Crippen LogP) is 0.483. The SMILES string of the molecule is Cc1ccn(CCn2cncn2)n1. The molecule has 0 spiro atoms. The van der Waals surface area contributed by atoms with Crippen molar-refractivity contribution in [1.82, 2.24) is 24.5 Å². The average Bonchev–Trinajstić information content (AvgIpc) is 2.71. The molecule has 0 radical (unpaired) electrons. The van der Waals surface area contributed by atoms with Crippen molar-refractivity contribution in [2.75, 3.05) is 0 Å². The Bertz CT molecular complexity index is 362. The van der Waals surface area contributed by atoms with E-state index in [1.165, 1.54) is 6.33 Å². The maximum absolute atomic E-state index is 4.27. The van der Waals surface area contributed by atoms with E-state index in [4.69, 9.17) is 0 Å². The van der Waals surface area contributed by atoms with Crippen LogP contribution in [0.15, 0.2) is 24.9 Å². The number of hydrogen-bond donors (Lipinski definition) is 0. The molecule has 2 rings (SSSR count). The maximum Gasteiger partial charge on any atom is 0.137 e. The van der Waals surface area contributed by atoms with Gasteiger partial charge >= 0.3 is 0 Å². The minimum absolute atomic E-state index is 0.807. The van der Waals surface area contributed by atoms with E-state index < -0.39 is 0 Å². The fourth-order valence-corrected chi connectivity index (χ4v) is 1.14.